The molecule has 0 saturated heterocycles. The highest BCUT2D eigenvalue weighted by Gasteiger charge is 2.40. The summed E-state index contributed by atoms with van der Waals surface area (Å²) in [5.74, 6) is -1.09. The highest BCUT2D eigenvalue weighted by atomic mass is 35.5. The number of fused-ring (bicyclic) bond motifs is 2. The fourth-order valence-corrected chi connectivity index (χ4v) is 3.59. The molecule has 0 bridgehead atoms. The Morgan fingerprint density at radius 3 is 2.25 bits per heavy atom. The number of benzene rings is 2. The minimum Gasteiger partial charge on any atom is -0.295 e. The third-order valence-corrected chi connectivity index (χ3v) is 5.05. The van der Waals surface area contributed by atoms with E-state index in [0.717, 1.165) is 10.5 Å². The first-order valence-corrected chi connectivity index (χ1v) is 8.90. The van der Waals surface area contributed by atoms with Crippen molar-refractivity contribution in [1.29, 1.82) is 0 Å². The third-order valence-electron chi connectivity index (χ3n) is 4.79. The average Bonchev–Trinajstić information content (AvgIpc) is 3.21. The Bertz CT molecular complexity index is 1120. The van der Waals surface area contributed by atoms with E-state index in [9.17, 15) is 14.4 Å². The van der Waals surface area contributed by atoms with Gasteiger partial charge in [0.2, 0.25) is 11.9 Å². The maximum atomic E-state index is 12.7. The fourth-order valence-electron chi connectivity index (χ4n) is 3.46. The number of nitrogens with one attached hydrogen (secondary N) is 1. The number of hydrogen-bond donors (Lipinski definition) is 1. The Balaban J connectivity index is 1.58. The van der Waals surface area contributed by atoms with Gasteiger partial charge in [-0.3, -0.25) is 19.7 Å². The number of imide groups is 1. The zero-order chi connectivity index (χ0) is 19.4. The lowest BCUT2D eigenvalue weighted by Gasteiger charge is -2.23. The second-order valence-electron chi connectivity index (χ2n) is 6.49. The molecule has 0 saturated carbocycles. The summed E-state index contributed by atoms with van der Waals surface area (Å²) in [6.07, 6.45) is 0.152. The molecular formula is C19H12ClN5O3. The number of carbonyl (C=O) groups excluding carboxylic acids is 3. The molecule has 9 heteroatoms. The van der Waals surface area contributed by atoms with Crippen molar-refractivity contribution >= 4 is 41.2 Å². The number of carbonyl (C=O) groups is 3. The summed E-state index contributed by atoms with van der Waals surface area (Å²) in [5.41, 5.74) is 1.43. The quantitative estimate of drug-likeness (QED) is 0.675. The molecule has 0 unspecified atom stereocenters. The molecule has 0 fully saturated rings. The van der Waals surface area contributed by atoms with Gasteiger partial charge >= 0.3 is 0 Å². The fraction of sp³-hybridized carbons (Fsp3) is 0.105. The van der Waals surface area contributed by atoms with Crippen LogP contribution in [-0.4, -0.2) is 32.5 Å². The van der Waals surface area contributed by atoms with E-state index in [1.54, 1.807) is 48.5 Å². The molecule has 2 aliphatic heterocycles. The van der Waals surface area contributed by atoms with Gasteiger partial charge < -0.3 is 0 Å². The summed E-state index contributed by atoms with van der Waals surface area (Å²) >= 11 is 5.95. The van der Waals surface area contributed by atoms with Gasteiger partial charge in [-0.05, 0) is 29.8 Å². The molecule has 5 rings (SSSR count). The van der Waals surface area contributed by atoms with Crippen LogP contribution in [-0.2, 0) is 4.79 Å². The number of rotatable bonds is 2. The minimum absolute atomic E-state index is 0.0673. The van der Waals surface area contributed by atoms with E-state index < -0.39 is 17.9 Å². The Labute approximate surface area is 163 Å². The summed E-state index contributed by atoms with van der Waals surface area (Å²) < 4.78 is 1.52. The van der Waals surface area contributed by atoms with Gasteiger partial charge in [-0.15, -0.1) is 5.10 Å². The number of anilines is 2. The second kappa shape index (κ2) is 6.00. The molecule has 0 aliphatic carbocycles. The van der Waals surface area contributed by atoms with Crippen LogP contribution in [0.25, 0.3) is 0 Å². The van der Waals surface area contributed by atoms with E-state index in [0.29, 0.717) is 16.1 Å². The van der Waals surface area contributed by atoms with Crippen LogP contribution in [0.15, 0.2) is 48.5 Å². The van der Waals surface area contributed by atoms with Crippen molar-refractivity contribution < 1.29 is 14.4 Å². The predicted molar refractivity (Wildman–Crippen MR) is 100 cm³/mol. The van der Waals surface area contributed by atoms with Gasteiger partial charge in [0.25, 0.3) is 17.8 Å². The first kappa shape index (κ1) is 16.6. The lowest BCUT2D eigenvalue weighted by molar-refractivity contribution is -0.117. The number of halogens is 1. The zero-order valence-electron chi connectivity index (χ0n) is 14.3. The standard InChI is InChI=1S/C19H12ClN5O3/c20-11-7-5-10(6-8-11)14-9-15(26)21-18-22-19(23-25(14)18)24-16(27)12-3-1-2-4-13(12)17(24)28/h1-8,14H,9H2,(H,21,22,23,26)/t14-/m1/s1. The van der Waals surface area contributed by atoms with Crippen molar-refractivity contribution in [2.24, 2.45) is 0 Å². The summed E-state index contributed by atoms with van der Waals surface area (Å²) in [7, 11) is 0. The van der Waals surface area contributed by atoms with Crippen molar-refractivity contribution in [1.82, 2.24) is 14.8 Å². The van der Waals surface area contributed by atoms with Crippen LogP contribution < -0.4 is 10.2 Å². The Morgan fingerprint density at radius 2 is 1.61 bits per heavy atom. The molecule has 138 valence electrons. The average molecular weight is 394 g/mol. The summed E-state index contributed by atoms with van der Waals surface area (Å²) in [5, 5.41) is 7.59. The van der Waals surface area contributed by atoms with Gasteiger partial charge in [-0.2, -0.15) is 4.98 Å². The predicted octanol–water partition coefficient (Wildman–Crippen LogP) is 2.66. The molecule has 28 heavy (non-hydrogen) atoms. The highest BCUT2D eigenvalue weighted by molar-refractivity contribution is 6.33. The van der Waals surface area contributed by atoms with Crippen LogP contribution in [0.1, 0.15) is 38.7 Å². The topological polar surface area (TPSA) is 97.2 Å². The molecule has 1 atom stereocenters. The minimum atomic E-state index is -0.488. The largest absolute Gasteiger partial charge is 0.295 e. The summed E-state index contributed by atoms with van der Waals surface area (Å²) in [6.45, 7) is 0. The van der Waals surface area contributed by atoms with Crippen molar-refractivity contribution in [3.63, 3.8) is 0 Å². The van der Waals surface area contributed by atoms with Crippen LogP contribution in [0.4, 0.5) is 11.9 Å². The molecule has 0 radical (unpaired) electrons. The van der Waals surface area contributed by atoms with Crippen LogP contribution in [0.5, 0.6) is 0 Å². The summed E-state index contributed by atoms with van der Waals surface area (Å²) in [4.78, 5) is 42.7. The van der Waals surface area contributed by atoms with E-state index in [1.165, 1.54) is 4.68 Å². The van der Waals surface area contributed by atoms with Crippen LogP contribution in [0.2, 0.25) is 5.02 Å². The monoisotopic (exact) mass is 393 g/mol. The van der Waals surface area contributed by atoms with Crippen LogP contribution in [0.3, 0.4) is 0 Å². The van der Waals surface area contributed by atoms with Crippen molar-refractivity contribution in [3.8, 4) is 0 Å². The first-order chi connectivity index (χ1) is 13.5. The van der Waals surface area contributed by atoms with E-state index in [1.807, 2.05) is 0 Å². The van der Waals surface area contributed by atoms with Gasteiger partial charge in [0.05, 0.1) is 23.6 Å². The Hall–Kier alpha value is -3.52. The van der Waals surface area contributed by atoms with Crippen molar-refractivity contribution in [3.05, 3.63) is 70.2 Å². The molecule has 0 spiro atoms. The van der Waals surface area contributed by atoms with Crippen LogP contribution in [0, 0.1) is 0 Å². The molecular weight excluding hydrogens is 382 g/mol. The normalized spacial score (nSPS) is 18.1. The first-order valence-electron chi connectivity index (χ1n) is 8.52. The molecule has 3 heterocycles. The Morgan fingerprint density at radius 1 is 0.964 bits per heavy atom. The van der Waals surface area contributed by atoms with Gasteiger partial charge in [0.15, 0.2) is 0 Å². The Kier molecular flexibility index (Phi) is 3.56. The molecule has 3 aromatic rings. The van der Waals surface area contributed by atoms with E-state index >= 15 is 0 Å². The van der Waals surface area contributed by atoms with E-state index in [4.69, 9.17) is 11.6 Å². The number of hydrogen-bond acceptors (Lipinski definition) is 5. The molecule has 2 aromatic carbocycles. The number of aromatic nitrogens is 3. The van der Waals surface area contributed by atoms with Crippen molar-refractivity contribution in [2.75, 3.05) is 10.2 Å². The van der Waals surface area contributed by atoms with Crippen LogP contribution >= 0.6 is 11.6 Å². The zero-order valence-corrected chi connectivity index (χ0v) is 15.1. The molecule has 2 aliphatic rings. The lowest BCUT2D eigenvalue weighted by Crippen LogP contribution is -2.31. The highest BCUT2D eigenvalue weighted by Crippen LogP contribution is 2.33. The maximum Gasteiger partial charge on any atom is 0.268 e. The van der Waals surface area contributed by atoms with Crippen molar-refractivity contribution in [2.45, 2.75) is 12.5 Å². The third kappa shape index (κ3) is 2.42. The molecule has 3 amide bonds. The second-order valence-corrected chi connectivity index (χ2v) is 6.93. The SMILES string of the molecule is O=C1C[C@H](c2ccc(Cl)cc2)n2nc(N3C(=O)c4ccccc4C3=O)nc2N1. The smallest absolute Gasteiger partial charge is 0.268 e. The molecule has 8 nitrogen and oxygen atoms in total. The van der Waals surface area contributed by atoms with Gasteiger partial charge in [0.1, 0.15) is 0 Å². The number of nitrogens with zero attached hydrogens (tertiary/aromatic N) is 4. The number of amides is 3. The van der Waals surface area contributed by atoms with Gasteiger partial charge in [-0.1, -0.05) is 35.9 Å². The van der Waals surface area contributed by atoms with E-state index in [2.05, 4.69) is 15.4 Å². The van der Waals surface area contributed by atoms with Gasteiger partial charge in [-0.25, -0.2) is 9.58 Å². The van der Waals surface area contributed by atoms with Gasteiger partial charge in [0, 0.05) is 5.02 Å². The lowest BCUT2D eigenvalue weighted by atomic mass is 10.0. The van der Waals surface area contributed by atoms with E-state index in [-0.39, 0.29) is 24.2 Å². The summed E-state index contributed by atoms with van der Waals surface area (Å²) in [6, 6.07) is 13.2. The maximum absolute atomic E-state index is 12.7. The molecule has 1 N–H and O–H groups in total. The molecule has 1 aromatic heterocycles.